The molecule has 1 amide bonds. The third-order valence-corrected chi connectivity index (χ3v) is 8.01. The highest BCUT2D eigenvalue weighted by Crippen LogP contribution is 2.40. The lowest BCUT2D eigenvalue weighted by molar-refractivity contribution is 0.100. The summed E-state index contributed by atoms with van der Waals surface area (Å²) in [5, 5.41) is 5.89. The van der Waals surface area contributed by atoms with Crippen LogP contribution in [0.4, 0.5) is 10.1 Å². The SMILES string of the molecule is Cc1noc(C)c1-c1cc(C(N)=O)c2c3cc(N4CCCS4)ccc3n(Cc3ccc(F)cc3)c2c1. The van der Waals surface area contributed by atoms with Crippen LogP contribution in [0.25, 0.3) is 32.9 Å². The molecular weight excluding hydrogens is 475 g/mol. The zero-order valence-corrected chi connectivity index (χ0v) is 20.9. The maximum absolute atomic E-state index is 13.6. The van der Waals surface area contributed by atoms with Crippen molar-refractivity contribution < 1.29 is 13.7 Å². The lowest BCUT2D eigenvalue weighted by Crippen LogP contribution is -2.12. The van der Waals surface area contributed by atoms with Gasteiger partial charge >= 0.3 is 0 Å². The minimum absolute atomic E-state index is 0.273. The van der Waals surface area contributed by atoms with Gasteiger partial charge in [0, 0.05) is 51.9 Å². The number of aromatic nitrogens is 2. The Kier molecular flexibility index (Phi) is 5.48. The number of halogens is 1. The van der Waals surface area contributed by atoms with Gasteiger partial charge in [-0.1, -0.05) is 17.3 Å². The van der Waals surface area contributed by atoms with Crippen molar-refractivity contribution in [1.29, 1.82) is 0 Å². The summed E-state index contributed by atoms with van der Waals surface area (Å²) in [5.74, 6) is 1.01. The molecule has 0 unspecified atom stereocenters. The van der Waals surface area contributed by atoms with Crippen LogP contribution < -0.4 is 10.0 Å². The van der Waals surface area contributed by atoms with E-state index < -0.39 is 5.91 Å². The van der Waals surface area contributed by atoms with E-state index in [-0.39, 0.29) is 5.82 Å². The van der Waals surface area contributed by atoms with Gasteiger partial charge in [-0.15, -0.1) is 0 Å². The third-order valence-electron chi connectivity index (χ3n) is 6.83. The Morgan fingerprint density at radius 2 is 1.92 bits per heavy atom. The Balaban J connectivity index is 1.66. The predicted molar refractivity (Wildman–Crippen MR) is 143 cm³/mol. The van der Waals surface area contributed by atoms with Crippen LogP contribution in [0.2, 0.25) is 0 Å². The average Bonchev–Trinajstić information content (AvgIpc) is 3.59. The van der Waals surface area contributed by atoms with E-state index in [4.69, 9.17) is 10.3 Å². The number of nitrogens with zero attached hydrogens (tertiary/aromatic N) is 3. The van der Waals surface area contributed by atoms with Crippen molar-refractivity contribution in [2.45, 2.75) is 26.8 Å². The average molecular weight is 501 g/mol. The van der Waals surface area contributed by atoms with E-state index in [1.165, 1.54) is 12.1 Å². The summed E-state index contributed by atoms with van der Waals surface area (Å²) < 4.78 is 23.5. The van der Waals surface area contributed by atoms with E-state index in [1.807, 2.05) is 31.9 Å². The molecule has 5 aromatic rings. The largest absolute Gasteiger partial charge is 0.366 e. The van der Waals surface area contributed by atoms with Crippen molar-refractivity contribution in [1.82, 2.24) is 9.72 Å². The Hall–Kier alpha value is -3.78. The van der Waals surface area contributed by atoms with Crippen LogP contribution in [0.3, 0.4) is 0 Å². The van der Waals surface area contributed by atoms with Gasteiger partial charge in [0.05, 0.1) is 11.2 Å². The number of rotatable bonds is 5. The minimum atomic E-state index is -0.490. The van der Waals surface area contributed by atoms with Crippen molar-refractivity contribution >= 4 is 45.3 Å². The molecule has 182 valence electrons. The van der Waals surface area contributed by atoms with Gasteiger partial charge in [0.2, 0.25) is 5.91 Å². The number of hydrogen-bond acceptors (Lipinski definition) is 5. The number of nitrogens with two attached hydrogens (primary N) is 1. The van der Waals surface area contributed by atoms with E-state index in [9.17, 15) is 9.18 Å². The van der Waals surface area contributed by atoms with E-state index in [0.717, 1.165) is 68.6 Å². The Morgan fingerprint density at radius 3 is 2.58 bits per heavy atom. The van der Waals surface area contributed by atoms with Crippen LogP contribution in [0.5, 0.6) is 0 Å². The van der Waals surface area contributed by atoms with Crippen LogP contribution >= 0.6 is 11.9 Å². The molecule has 0 saturated carbocycles. The van der Waals surface area contributed by atoms with Crippen molar-refractivity contribution in [3.05, 3.63) is 83.0 Å². The highest BCUT2D eigenvalue weighted by atomic mass is 32.2. The first-order chi connectivity index (χ1) is 17.4. The molecule has 2 N–H and O–H groups in total. The molecule has 0 spiro atoms. The van der Waals surface area contributed by atoms with Gasteiger partial charge in [-0.2, -0.15) is 0 Å². The summed E-state index contributed by atoms with van der Waals surface area (Å²) in [5.41, 5.74) is 12.8. The lowest BCUT2D eigenvalue weighted by Gasteiger charge is -2.16. The standard InChI is InChI=1S/C28H25FN4O2S/c1-16-26(17(2)35-31-16)19-12-23(28(30)34)27-22-14-21(33-10-3-11-36-33)8-9-24(22)32(25(27)13-19)15-18-4-6-20(29)7-5-18/h4-9,12-14H,3,10-11,15H2,1-2H3,(H2,30,34). The lowest BCUT2D eigenvalue weighted by atomic mass is 9.97. The monoisotopic (exact) mass is 500 g/mol. The molecule has 8 heteroatoms. The molecule has 6 nitrogen and oxygen atoms in total. The molecule has 2 aromatic heterocycles. The molecule has 3 aromatic carbocycles. The number of carbonyl (C=O) groups is 1. The molecule has 1 fully saturated rings. The second-order valence-electron chi connectivity index (χ2n) is 9.18. The fourth-order valence-electron chi connectivity index (χ4n) is 5.19. The normalized spacial score (nSPS) is 13.8. The van der Waals surface area contributed by atoms with E-state index in [0.29, 0.717) is 17.9 Å². The van der Waals surface area contributed by atoms with Gasteiger partial charge in [-0.25, -0.2) is 4.39 Å². The summed E-state index contributed by atoms with van der Waals surface area (Å²) in [6.45, 7) is 5.25. The molecular formula is C28H25FN4O2S. The van der Waals surface area contributed by atoms with Crippen molar-refractivity contribution in [3.63, 3.8) is 0 Å². The van der Waals surface area contributed by atoms with E-state index >= 15 is 0 Å². The molecule has 1 aliphatic rings. The van der Waals surface area contributed by atoms with Gasteiger partial charge in [0.15, 0.2) is 0 Å². The van der Waals surface area contributed by atoms with E-state index in [2.05, 4.69) is 38.3 Å². The Labute approximate surface area is 212 Å². The van der Waals surface area contributed by atoms with Gasteiger partial charge < -0.3 is 19.1 Å². The Morgan fingerprint density at radius 1 is 1.11 bits per heavy atom. The number of hydrogen-bond donors (Lipinski definition) is 1. The third kappa shape index (κ3) is 3.73. The number of anilines is 1. The summed E-state index contributed by atoms with van der Waals surface area (Å²) in [7, 11) is 0. The second-order valence-corrected chi connectivity index (χ2v) is 10.3. The maximum atomic E-state index is 13.6. The van der Waals surface area contributed by atoms with Gasteiger partial charge in [-0.05, 0) is 85.8 Å². The highest BCUT2D eigenvalue weighted by molar-refractivity contribution is 8.00. The fraction of sp³-hybridized carbons (Fsp3) is 0.214. The number of fused-ring (bicyclic) bond motifs is 3. The molecule has 0 aliphatic carbocycles. The minimum Gasteiger partial charge on any atom is -0.366 e. The molecule has 3 heterocycles. The zero-order valence-electron chi connectivity index (χ0n) is 20.0. The summed E-state index contributed by atoms with van der Waals surface area (Å²) >= 11 is 1.82. The topological polar surface area (TPSA) is 77.3 Å². The molecule has 0 bridgehead atoms. The first-order valence-corrected chi connectivity index (χ1v) is 12.8. The quantitative estimate of drug-likeness (QED) is 0.290. The number of aryl methyl sites for hydroxylation is 2. The Bertz CT molecular complexity index is 1610. The number of primary amides is 1. The van der Waals surface area contributed by atoms with Crippen molar-refractivity contribution in [2.24, 2.45) is 5.73 Å². The molecule has 0 atom stereocenters. The smallest absolute Gasteiger partial charge is 0.249 e. The van der Waals surface area contributed by atoms with Crippen LogP contribution in [0.1, 0.15) is 33.8 Å². The van der Waals surface area contributed by atoms with Crippen molar-refractivity contribution in [3.8, 4) is 11.1 Å². The van der Waals surface area contributed by atoms with Crippen LogP contribution in [-0.4, -0.2) is 27.9 Å². The zero-order chi connectivity index (χ0) is 25.0. The number of benzene rings is 3. The second kappa shape index (κ2) is 8.71. The first kappa shape index (κ1) is 22.7. The highest BCUT2D eigenvalue weighted by Gasteiger charge is 2.23. The van der Waals surface area contributed by atoms with Gasteiger partial charge in [0.25, 0.3) is 0 Å². The maximum Gasteiger partial charge on any atom is 0.249 e. The van der Waals surface area contributed by atoms with Gasteiger partial charge in [0.1, 0.15) is 11.6 Å². The van der Waals surface area contributed by atoms with Gasteiger partial charge in [-0.3, -0.25) is 4.79 Å². The molecule has 0 radical (unpaired) electrons. The summed E-state index contributed by atoms with van der Waals surface area (Å²) in [6, 6.07) is 16.8. The summed E-state index contributed by atoms with van der Waals surface area (Å²) in [6.07, 6.45) is 1.14. The molecule has 1 aliphatic heterocycles. The predicted octanol–water partition coefficient (Wildman–Crippen LogP) is 6.21. The first-order valence-electron chi connectivity index (χ1n) is 11.9. The number of amides is 1. The molecule has 1 saturated heterocycles. The molecule has 6 rings (SSSR count). The fourth-order valence-corrected chi connectivity index (χ4v) is 6.19. The van der Waals surface area contributed by atoms with Crippen molar-refractivity contribution in [2.75, 3.05) is 16.6 Å². The van der Waals surface area contributed by atoms with Crippen LogP contribution in [-0.2, 0) is 6.54 Å². The van der Waals surface area contributed by atoms with Crippen LogP contribution in [0, 0.1) is 19.7 Å². The molecule has 36 heavy (non-hydrogen) atoms. The number of carbonyl (C=O) groups excluding carboxylic acids is 1. The van der Waals surface area contributed by atoms with E-state index in [1.54, 1.807) is 12.1 Å². The van der Waals surface area contributed by atoms with Crippen LogP contribution in [0.15, 0.2) is 59.1 Å². The summed E-state index contributed by atoms with van der Waals surface area (Å²) in [4.78, 5) is 12.8.